The molecule has 0 heterocycles. The van der Waals surface area contributed by atoms with E-state index in [2.05, 4.69) is 48.7 Å². The molecule has 0 radical (unpaired) electrons. The van der Waals surface area contributed by atoms with Crippen molar-refractivity contribution in [3.63, 3.8) is 0 Å². The van der Waals surface area contributed by atoms with Gasteiger partial charge in [-0.15, -0.1) is 0 Å². The lowest BCUT2D eigenvalue weighted by atomic mass is 10.0. The Morgan fingerprint density at radius 3 is 2.47 bits per heavy atom. The molecule has 0 bridgehead atoms. The van der Waals surface area contributed by atoms with Crippen LogP contribution >= 0.6 is 22.6 Å². The first kappa shape index (κ1) is 14.5. The standard InChI is InChI=1S/C14H20INO/c1-10(2)8-9-11(3)16-14(17)12-6-4-5-7-13(12)15/h4-7,10-11H,8-9H2,1-3H3,(H,16,17). The van der Waals surface area contributed by atoms with Crippen LogP contribution in [0.25, 0.3) is 0 Å². The molecule has 0 aromatic heterocycles. The Morgan fingerprint density at radius 2 is 1.88 bits per heavy atom. The van der Waals surface area contributed by atoms with Gasteiger partial charge in [0.25, 0.3) is 5.91 Å². The number of hydrogen-bond donors (Lipinski definition) is 1. The first-order valence-corrected chi connectivity index (χ1v) is 7.14. The predicted molar refractivity (Wildman–Crippen MR) is 80.2 cm³/mol. The number of amides is 1. The van der Waals surface area contributed by atoms with Gasteiger partial charge in [0, 0.05) is 9.61 Å². The quantitative estimate of drug-likeness (QED) is 0.807. The van der Waals surface area contributed by atoms with Crippen molar-refractivity contribution in [3.05, 3.63) is 33.4 Å². The molecule has 0 fully saturated rings. The Bertz CT molecular complexity index is 376. The van der Waals surface area contributed by atoms with Crippen molar-refractivity contribution in [2.45, 2.75) is 39.7 Å². The molecular weight excluding hydrogens is 325 g/mol. The second kappa shape index (κ2) is 6.99. The Hall–Kier alpha value is -0.580. The third kappa shape index (κ3) is 5.06. The van der Waals surface area contributed by atoms with Crippen LogP contribution in [0.2, 0.25) is 0 Å². The molecular formula is C14H20INO. The van der Waals surface area contributed by atoms with E-state index in [1.165, 1.54) is 0 Å². The summed E-state index contributed by atoms with van der Waals surface area (Å²) in [5.41, 5.74) is 0.768. The average molecular weight is 345 g/mol. The second-order valence-electron chi connectivity index (χ2n) is 4.83. The topological polar surface area (TPSA) is 29.1 Å². The number of hydrogen-bond acceptors (Lipinski definition) is 1. The van der Waals surface area contributed by atoms with Crippen LogP contribution in [-0.2, 0) is 0 Å². The number of carbonyl (C=O) groups is 1. The van der Waals surface area contributed by atoms with Gasteiger partial charge in [-0.2, -0.15) is 0 Å². The van der Waals surface area contributed by atoms with Crippen molar-refractivity contribution >= 4 is 28.5 Å². The highest BCUT2D eigenvalue weighted by Crippen LogP contribution is 2.12. The lowest BCUT2D eigenvalue weighted by molar-refractivity contribution is 0.0936. The SMILES string of the molecule is CC(C)CCC(C)NC(=O)c1ccccc1I. The molecule has 0 aliphatic carbocycles. The number of carbonyl (C=O) groups excluding carboxylic acids is 1. The third-order valence-electron chi connectivity index (χ3n) is 2.67. The van der Waals surface area contributed by atoms with Crippen molar-refractivity contribution in [2.24, 2.45) is 5.92 Å². The van der Waals surface area contributed by atoms with Gasteiger partial charge in [0.2, 0.25) is 0 Å². The van der Waals surface area contributed by atoms with Gasteiger partial charge in [-0.1, -0.05) is 26.0 Å². The molecule has 1 aromatic carbocycles. The normalized spacial score (nSPS) is 12.5. The van der Waals surface area contributed by atoms with Gasteiger partial charge in [0.05, 0.1) is 5.56 Å². The summed E-state index contributed by atoms with van der Waals surface area (Å²) in [7, 11) is 0. The van der Waals surface area contributed by atoms with Gasteiger partial charge in [-0.05, 0) is 60.4 Å². The molecule has 1 rings (SSSR count). The fourth-order valence-corrected chi connectivity index (χ4v) is 2.23. The maximum Gasteiger partial charge on any atom is 0.252 e. The summed E-state index contributed by atoms with van der Waals surface area (Å²) in [5, 5.41) is 3.05. The van der Waals surface area contributed by atoms with Gasteiger partial charge in [0.1, 0.15) is 0 Å². The molecule has 0 aliphatic heterocycles. The fraction of sp³-hybridized carbons (Fsp3) is 0.500. The van der Waals surface area contributed by atoms with Crippen molar-refractivity contribution in [1.82, 2.24) is 5.32 Å². The highest BCUT2D eigenvalue weighted by atomic mass is 127. The number of halogens is 1. The summed E-state index contributed by atoms with van der Waals surface area (Å²) >= 11 is 2.19. The molecule has 2 nitrogen and oxygen atoms in total. The van der Waals surface area contributed by atoms with Crippen LogP contribution in [-0.4, -0.2) is 11.9 Å². The summed E-state index contributed by atoms with van der Waals surface area (Å²) in [6.45, 7) is 6.47. The predicted octanol–water partition coefficient (Wildman–Crippen LogP) is 3.85. The van der Waals surface area contributed by atoms with E-state index in [1.54, 1.807) is 0 Å². The molecule has 1 atom stereocenters. The zero-order chi connectivity index (χ0) is 12.8. The van der Waals surface area contributed by atoms with Crippen molar-refractivity contribution < 1.29 is 4.79 Å². The van der Waals surface area contributed by atoms with E-state index in [1.807, 2.05) is 24.3 Å². The summed E-state index contributed by atoms with van der Waals surface area (Å²) in [5.74, 6) is 0.720. The van der Waals surface area contributed by atoms with Crippen LogP contribution in [0.15, 0.2) is 24.3 Å². The summed E-state index contributed by atoms with van der Waals surface area (Å²) in [4.78, 5) is 12.0. The van der Waals surface area contributed by atoms with Gasteiger partial charge < -0.3 is 5.32 Å². The van der Waals surface area contributed by atoms with E-state index >= 15 is 0 Å². The molecule has 1 amide bonds. The van der Waals surface area contributed by atoms with Crippen LogP contribution in [0, 0.1) is 9.49 Å². The molecule has 1 aromatic rings. The molecule has 3 heteroatoms. The van der Waals surface area contributed by atoms with Crippen LogP contribution in [0.5, 0.6) is 0 Å². The fourth-order valence-electron chi connectivity index (χ4n) is 1.60. The van der Waals surface area contributed by atoms with Crippen molar-refractivity contribution in [3.8, 4) is 0 Å². The van der Waals surface area contributed by atoms with Crippen LogP contribution in [0.4, 0.5) is 0 Å². The van der Waals surface area contributed by atoms with Crippen molar-refractivity contribution in [2.75, 3.05) is 0 Å². The zero-order valence-corrected chi connectivity index (χ0v) is 12.8. The molecule has 94 valence electrons. The van der Waals surface area contributed by atoms with Crippen LogP contribution in [0.3, 0.4) is 0 Å². The summed E-state index contributed by atoms with van der Waals surface area (Å²) < 4.78 is 0.999. The molecule has 0 spiro atoms. The monoisotopic (exact) mass is 345 g/mol. The van der Waals surface area contributed by atoms with Gasteiger partial charge in [0.15, 0.2) is 0 Å². The molecule has 0 saturated heterocycles. The van der Waals surface area contributed by atoms with E-state index in [0.29, 0.717) is 5.92 Å². The Kier molecular flexibility index (Phi) is 5.95. The second-order valence-corrected chi connectivity index (χ2v) is 5.99. The summed E-state index contributed by atoms with van der Waals surface area (Å²) in [6, 6.07) is 7.90. The van der Waals surface area contributed by atoms with Crippen LogP contribution in [0.1, 0.15) is 44.0 Å². The number of rotatable bonds is 5. The zero-order valence-electron chi connectivity index (χ0n) is 10.7. The smallest absolute Gasteiger partial charge is 0.252 e. The Labute approximate surface area is 117 Å². The first-order valence-electron chi connectivity index (χ1n) is 6.06. The minimum atomic E-state index is 0.0336. The van der Waals surface area contributed by atoms with E-state index in [0.717, 1.165) is 22.0 Å². The lowest BCUT2D eigenvalue weighted by Gasteiger charge is -2.15. The number of nitrogens with one attached hydrogen (secondary N) is 1. The molecule has 0 saturated carbocycles. The minimum absolute atomic E-state index is 0.0336. The molecule has 17 heavy (non-hydrogen) atoms. The lowest BCUT2D eigenvalue weighted by Crippen LogP contribution is -2.33. The first-order chi connectivity index (χ1) is 8.00. The number of benzene rings is 1. The Balaban J connectivity index is 2.52. The van der Waals surface area contributed by atoms with E-state index in [-0.39, 0.29) is 11.9 Å². The van der Waals surface area contributed by atoms with Gasteiger partial charge >= 0.3 is 0 Å². The van der Waals surface area contributed by atoms with Crippen molar-refractivity contribution in [1.29, 1.82) is 0 Å². The maximum atomic E-state index is 12.0. The third-order valence-corrected chi connectivity index (χ3v) is 3.61. The Morgan fingerprint density at radius 1 is 1.24 bits per heavy atom. The highest BCUT2D eigenvalue weighted by Gasteiger charge is 2.12. The molecule has 0 aliphatic rings. The summed E-state index contributed by atoms with van der Waals surface area (Å²) in [6.07, 6.45) is 2.18. The van der Waals surface area contributed by atoms with Crippen LogP contribution < -0.4 is 5.32 Å². The van der Waals surface area contributed by atoms with E-state index in [4.69, 9.17) is 0 Å². The van der Waals surface area contributed by atoms with E-state index in [9.17, 15) is 4.79 Å². The average Bonchev–Trinajstić information content (AvgIpc) is 2.26. The highest BCUT2D eigenvalue weighted by molar-refractivity contribution is 14.1. The molecule has 1 N–H and O–H groups in total. The van der Waals surface area contributed by atoms with E-state index < -0.39 is 0 Å². The van der Waals surface area contributed by atoms with Gasteiger partial charge in [-0.3, -0.25) is 4.79 Å². The van der Waals surface area contributed by atoms with Gasteiger partial charge in [-0.25, -0.2) is 0 Å². The maximum absolute atomic E-state index is 12.0. The largest absolute Gasteiger partial charge is 0.350 e. The molecule has 1 unspecified atom stereocenters. The minimum Gasteiger partial charge on any atom is -0.350 e.